The van der Waals surface area contributed by atoms with Gasteiger partial charge in [0.2, 0.25) is 11.8 Å². The predicted octanol–water partition coefficient (Wildman–Crippen LogP) is 7.21. The minimum Gasteiger partial charge on any atom is -0.381 e. The molecule has 9 nitrogen and oxygen atoms in total. The van der Waals surface area contributed by atoms with E-state index in [-0.39, 0.29) is 46.9 Å². The van der Waals surface area contributed by atoms with Crippen molar-refractivity contribution in [3.05, 3.63) is 59.4 Å². The predicted molar refractivity (Wildman–Crippen MR) is 202 cm³/mol. The molecule has 4 amide bonds. The van der Waals surface area contributed by atoms with E-state index in [1.807, 2.05) is 39.0 Å². The summed E-state index contributed by atoms with van der Waals surface area (Å²) in [6.45, 7) is 16.4. The number of piperidine rings is 1. The van der Waals surface area contributed by atoms with E-state index in [9.17, 15) is 14.4 Å². The average Bonchev–Trinajstić information content (AvgIpc) is 3.29. The summed E-state index contributed by atoms with van der Waals surface area (Å²) in [5.41, 5.74) is 3.21. The molecule has 0 aliphatic carbocycles. The Morgan fingerprint density at radius 3 is 2.52 bits per heavy atom. The number of benzene rings is 2. The summed E-state index contributed by atoms with van der Waals surface area (Å²) in [5.74, 6) is -0.421. The van der Waals surface area contributed by atoms with Crippen LogP contribution in [0.2, 0.25) is 0 Å². The first-order chi connectivity index (χ1) is 24.0. The van der Waals surface area contributed by atoms with Gasteiger partial charge in [-0.15, -0.1) is 11.8 Å². The number of amides is 4. The summed E-state index contributed by atoms with van der Waals surface area (Å²) in [4.78, 5) is 48.9. The fourth-order valence-electron chi connectivity index (χ4n) is 7.18. The third-order valence-corrected chi connectivity index (χ3v) is 11.8. The van der Waals surface area contributed by atoms with Crippen LogP contribution in [0.5, 0.6) is 0 Å². The molecule has 0 spiro atoms. The maximum Gasteiger partial charge on any atom is 0.322 e. The van der Waals surface area contributed by atoms with Crippen LogP contribution in [0.4, 0.5) is 20.6 Å². The zero-order valence-electron chi connectivity index (χ0n) is 30.7. The van der Waals surface area contributed by atoms with Gasteiger partial charge in [0.25, 0.3) is 0 Å². The summed E-state index contributed by atoms with van der Waals surface area (Å²) in [5, 5.41) is 5.52. The minimum atomic E-state index is -0.541. The molecule has 2 aromatic rings. The zero-order chi connectivity index (χ0) is 35.8. The Labute approximate surface area is 302 Å². The van der Waals surface area contributed by atoms with Crippen LogP contribution in [-0.4, -0.2) is 101 Å². The number of nitrogens with one attached hydrogen (secondary N) is 2. The van der Waals surface area contributed by atoms with Gasteiger partial charge in [0.1, 0.15) is 11.2 Å². The van der Waals surface area contributed by atoms with Crippen LogP contribution in [-0.2, 0) is 16.0 Å². The highest BCUT2D eigenvalue weighted by molar-refractivity contribution is 8.01. The Balaban J connectivity index is 1.23. The average molecular weight is 709 g/mol. The lowest BCUT2D eigenvalue weighted by molar-refractivity contribution is -0.137. The Hall–Kier alpha value is -3.31. The summed E-state index contributed by atoms with van der Waals surface area (Å²) in [6.07, 6.45) is 5.36. The number of hydrogen-bond donors (Lipinski definition) is 2. The van der Waals surface area contributed by atoms with Crippen LogP contribution >= 0.6 is 11.8 Å². The highest BCUT2D eigenvalue weighted by Crippen LogP contribution is 2.47. The van der Waals surface area contributed by atoms with Crippen LogP contribution in [0.3, 0.4) is 0 Å². The number of rotatable bonds is 14. The van der Waals surface area contributed by atoms with Gasteiger partial charge in [-0.25, -0.2) is 9.18 Å². The molecule has 3 heterocycles. The first-order valence-electron chi connectivity index (χ1n) is 18.6. The molecule has 0 aromatic heterocycles. The van der Waals surface area contributed by atoms with Crippen molar-refractivity contribution < 1.29 is 18.8 Å². The van der Waals surface area contributed by atoms with Gasteiger partial charge in [-0.05, 0) is 68.3 Å². The second-order valence-corrected chi connectivity index (χ2v) is 16.4. The van der Waals surface area contributed by atoms with Crippen LogP contribution in [0.1, 0.15) is 89.6 Å². The van der Waals surface area contributed by atoms with Gasteiger partial charge in [0, 0.05) is 63.0 Å². The van der Waals surface area contributed by atoms with E-state index in [1.165, 1.54) is 17.8 Å². The molecule has 0 saturated carbocycles. The van der Waals surface area contributed by atoms with Crippen molar-refractivity contribution in [3.8, 4) is 0 Å². The van der Waals surface area contributed by atoms with Crippen LogP contribution in [0.15, 0.2) is 42.5 Å². The van der Waals surface area contributed by atoms with Gasteiger partial charge in [-0.1, -0.05) is 71.4 Å². The van der Waals surface area contributed by atoms with Crippen LogP contribution in [0, 0.1) is 11.2 Å². The van der Waals surface area contributed by atoms with Gasteiger partial charge in [-0.3, -0.25) is 9.59 Å². The lowest BCUT2D eigenvalue weighted by Crippen LogP contribution is -2.50. The summed E-state index contributed by atoms with van der Waals surface area (Å²) < 4.78 is 15.5. The van der Waals surface area contributed by atoms with Gasteiger partial charge in [0.15, 0.2) is 0 Å². The number of nitrogens with zero attached hydrogens (tertiary/aromatic N) is 4. The molecule has 0 bridgehead atoms. The molecule has 2 N–H and O–H groups in total. The van der Waals surface area contributed by atoms with Crippen LogP contribution < -0.4 is 10.6 Å². The van der Waals surface area contributed by atoms with E-state index < -0.39 is 5.25 Å². The first kappa shape index (κ1) is 37.9. The molecule has 2 atom stereocenters. The monoisotopic (exact) mass is 708 g/mol. The largest absolute Gasteiger partial charge is 0.381 e. The molecule has 274 valence electrons. The first-order valence-corrected chi connectivity index (χ1v) is 19.6. The van der Waals surface area contributed by atoms with Gasteiger partial charge in [-0.2, -0.15) is 0 Å². The van der Waals surface area contributed by atoms with Crippen molar-refractivity contribution in [1.29, 1.82) is 0 Å². The third-order valence-electron chi connectivity index (χ3n) is 10.3. The smallest absolute Gasteiger partial charge is 0.322 e. The quantitative estimate of drug-likeness (QED) is 0.216. The van der Waals surface area contributed by atoms with Crippen molar-refractivity contribution in [3.63, 3.8) is 0 Å². The number of fused-ring (bicyclic) bond motifs is 1. The maximum atomic E-state index is 15.5. The number of anilines is 2. The molecular weight excluding hydrogens is 652 g/mol. The Morgan fingerprint density at radius 1 is 1.04 bits per heavy atom. The molecule has 11 heteroatoms. The number of carbonyl (C=O) groups excluding carboxylic acids is 3. The molecule has 1 unspecified atom stereocenters. The minimum absolute atomic E-state index is 0.00588. The number of likely N-dealkylation sites (N-methyl/N-ethyl adjacent to an activating group) is 1. The lowest BCUT2D eigenvalue weighted by Gasteiger charge is -2.38. The van der Waals surface area contributed by atoms with Crippen molar-refractivity contribution in [1.82, 2.24) is 19.6 Å². The highest BCUT2D eigenvalue weighted by atomic mass is 32.2. The molecule has 0 radical (unpaired) electrons. The normalized spacial score (nSPS) is 20.3. The van der Waals surface area contributed by atoms with Gasteiger partial charge in [0.05, 0.1) is 10.9 Å². The Morgan fingerprint density at radius 2 is 1.80 bits per heavy atom. The van der Waals surface area contributed by atoms with Crippen molar-refractivity contribution in [2.75, 3.05) is 63.0 Å². The number of thioether (sulfide) groups is 1. The summed E-state index contributed by atoms with van der Waals surface area (Å²) in [7, 11) is 0. The maximum absolute atomic E-state index is 15.5. The number of urea groups is 1. The number of hydrogen-bond acceptors (Lipinski definition) is 6. The molecule has 5 rings (SSSR count). The van der Waals surface area contributed by atoms with E-state index in [0.717, 1.165) is 62.1 Å². The van der Waals surface area contributed by atoms with Crippen molar-refractivity contribution in [2.45, 2.75) is 96.2 Å². The molecule has 2 saturated heterocycles. The second-order valence-electron chi connectivity index (χ2n) is 15.1. The van der Waals surface area contributed by atoms with E-state index in [1.54, 1.807) is 6.07 Å². The van der Waals surface area contributed by atoms with E-state index in [2.05, 4.69) is 56.2 Å². The molecule has 2 aromatic carbocycles. The van der Waals surface area contributed by atoms with Crippen LogP contribution in [0.25, 0.3) is 0 Å². The highest BCUT2D eigenvalue weighted by Gasteiger charge is 2.44. The third kappa shape index (κ3) is 9.51. The number of carbonyl (C=O) groups is 3. The van der Waals surface area contributed by atoms with E-state index >= 15 is 4.39 Å². The Kier molecular flexibility index (Phi) is 13.1. The molecule has 2 fully saturated rings. The zero-order valence-corrected chi connectivity index (χ0v) is 31.5. The molecular formula is C39H57FN6O3S. The standard InChI is InChI=1S/C39H57FN6O3S/c1-6-8-21-43(7-2)26-20-41-35-30(13-11-14-31(35)40)37-46(25-19-39(3,4)5)36(48)33(50-37)27-34(47)44-22-17-29(18-23-44)45-24-16-28-12-9-10-15-32(28)42-38(45)49/h9-15,29,33,37,41H,6-8,16-27H2,1-5H3,(H,42,49)/t33-,37?/m0/s1. The van der Waals surface area contributed by atoms with Gasteiger partial charge >= 0.3 is 6.03 Å². The molecule has 3 aliphatic heterocycles. The number of halogens is 1. The van der Waals surface area contributed by atoms with Crippen molar-refractivity contribution >= 4 is 41.0 Å². The topological polar surface area (TPSA) is 88.2 Å². The fourth-order valence-corrected chi connectivity index (χ4v) is 8.68. The van der Waals surface area contributed by atoms with Crippen molar-refractivity contribution in [2.24, 2.45) is 5.41 Å². The molecule has 50 heavy (non-hydrogen) atoms. The Bertz CT molecular complexity index is 1480. The second kappa shape index (κ2) is 17.3. The van der Waals surface area contributed by atoms with E-state index in [0.29, 0.717) is 51.3 Å². The summed E-state index contributed by atoms with van der Waals surface area (Å²) >= 11 is 1.47. The van der Waals surface area contributed by atoms with Gasteiger partial charge < -0.3 is 30.2 Å². The number of para-hydroxylation sites is 2. The fraction of sp³-hybridized carbons (Fsp3) is 0.615. The van der Waals surface area contributed by atoms with E-state index in [4.69, 9.17) is 0 Å². The number of unbranched alkanes of at least 4 members (excludes halogenated alkanes) is 1. The molecule has 3 aliphatic rings. The lowest BCUT2D eigenvalue weighted by atomic mass is 9.92. The number of likely N-dealkylation sites (tertiary alicyclic amines) is 1. The summed E-state index contributed by atoms with van der Waals surface area (Å²) in [6, 6.07) is 13.0. The SMILES string of the molecule is CCCCN(CC)CCNc1c(F)cccc1C1S[C@@H](CC(=O)N2CCC(N3CCc4ccccc4NC3=O)CC2)C(=O)N1CCC(C)(C)C.